The van der Waals surface area contributed by atoms with Gasteiger partial charge in [-0.1, -0.05) is 35.5 Å². The number of amides is 1. The molecule has 158 valence electrons. The second-order valence-corrected chi connectivity index (χ2v) is 6.82. The predicted octanol–water partition coefficient (Wildman–Crippen LogP) is 3.75. The summed E-state index contributed by atoms with van der Waals surface area (Å²) < 4.78 is 43.8. The Bertz CT molecular complexity index is 1180. The molecule has 2 heterocycles. The molecule has 7 nitrogen and oxygen atoms in total. The van der Waals surface area contributed by atoms with Gasteiger partial charge in [0.2, 0.25) is 11.7 Å². The van der Waals surface area contributed by atoms with E-state index in [9.17, 15) is 18.0 Å². The molecule has 1 amide bonds. The van der Waals surface area contributed by atoms with Crippen molar-refractivity contribution in [2.45, 2.75) is 18.5 Å². The minimum absolute atomic E-state index is 0.165. The van der Waals surface area contributed by atoms with Gasteiger partial charge >= 0.3 is 12.1 Å². The van der Waals surface area contributed by atoms with Crippen molar-refractivity contribution >= 4 is 5.91 Å². The summed E-state index contributed by atoms with van der Waals surface area (Å²) in [6.07, 6.45) is -1.04. The van der Waals surface area contributed by atoms with Crippen LogP contribution in [0.4, 0.5) is 13.2 Å². The second-order valence-electron chi connectivity index (χ2n) is 6.82. The number of imidazole rings is 1. The second kappa shape index (κ2) is 8.05. The molecule has 0 aliphatic heterocycles. The molecule has 4 aromatic rings. The van der Waals surface area contributed by atoms with Crippen molar-refractivity contribution in [1.29, 1.82) is 0 Å². The van der Waals surface area contributed by atoms with Crippen LogP contribution in [-0.4, -0.2) is 25.6 Å². The molecule has 31 heavy (non-hydrogen) atoms. The first-order chi connectivity index (χ1) is 14.8. The van der Waals surface area contributed by atoms with E-state index in [1.807, 2.05) is 30.3 Å². The van der Waals surface area contributed by atoms with Gasteiger partial charge in [-0.2, -0.15) is 18.2 Å². The Morgan fingerprint density at radius 1 is 1.10 bits per heavy atom. The lowest BCUT2D eigenvalue weighted by Gasteiger charge is -2.11. The van der Waals surface area contributed by atoms with E-state index in [0.29, 0.717) is 23.4 Å². The number of halogens is 3. The molecule has 0 aliphatic rings. The molecule has 0 fully saturated rings. The quantitative estimate of drug-likeness (QED) is 0.505. The summed E-state index contributed by atoms with van der Waals surface area (Å²) >= 11 is 0. The molecule has 2 aromatic carbocycles. The summed E-state index contributed by atoms with van der Waals surface area (Å²) in [7, 11) is 0. The maximum absolute atomic E-state index is 12.6. The van der Waals surface area contributed by atoms with E-state index < -0.39 is 23.9 Å². The van der Waals surface area contributed by atoms with Gasteiger partial charge in [0, 0.05) is 17.4 Å². The number of alkyl halides is 3. The van der Waals surface area contributed by atoms with Crippen LogP contribution in [-0.2, 0) is 17.4 Å². The number of primary amides is 1. The van der Waals surface area contributed by atoms with Crippen LogP contribution in [0.15, 0.2) is 71.6 Å². The molecule has 10 heteroatoms. The summed E-state index contributed by atoms with van der Waals surface area (Å²) in [5.41, 5.74) is 8.12. The number of nitrogens with zero attached hydrogens (tertiary/aromatic N) is 4. The highest BCUT2D eigenvalue weighted by Gasteiger charge is 2.38. The van der Waals surface area contributed by atoms with Crippen molar-refractivity contribution in [2.75, 3.05) is 0 Å². The van der Waals surface area contributed by atoms with Crippen molar-refractivity contribution in [3.63, 3.8) is 0 Å². The van der Waals surface area contributed by atoms with Crippen LogP contribution < -0.4 is 5.73 Å². The molecule has 0 radical (unpaired) electrons. The monoisotopic (exact) mass is 427 g/mol. The molecule has 0 saturated carbocycles. The van der Waals surface area contributed by atoms with E-state index in [2.05, 4.69) is 19.6 Å². The number of benzene rings is 2. The molecule has 0 bridgehead atoms. The van der Waals surface area contributed by atoms with Gasteiger partial charge in [0.15, 0.2) is 0 Å². The molecule has 0 spiro atoms. The van der Waals surface area contributed by atoms with Crippen LogP contribution in [0.2, 0.25) is 0 Å². The van der Waals surface area contributed by atoms with E-state index in [4.69, 9.17) is 5.73 Å². The predicted molar refractivity (Wildman–Crippen MR) is 104 cm³/mol. The number of hydrogen-bond acceptors (Lipinski definition) is 5. The maximum atomic E-state index is 12.6. The number of hydrogen-bond donors (Lipinski definition) is 1. The highest BCUT2D eigenvalue weighted by molar-refractivity contribution is 5.81. The fourth-order valence-electron chi connectivity index (χ4n) is 3.10. The molecular weight excluding hydrogens is 411 g/mol. The van der Waals surface area contributed by atoms with Crippen LogP contribution in [0.25, 0.3) is 17.1 Å². The fourth-order valence-corrected chi connectivity index (χ4v) is 3.10. The van der Waals surface area contributed by atoms with Gasteiger partial charge in [0.05, 0.1) is 17.9 Å². The van der Waals surface area contributed by atoms with Crippen molar-refractivity contribution in [2.24, 2.45) is 5.73 Å². The highest BCUT2D eigenvalue weighted by Crippen LogP contribution is 2.29. The third kappa shape index (κ3) is 4.47. The molecule has 2 N–H and O–H groups in total. The molecule has 2 aromatic heterocycles. The van der Waals surface area contributed by atoms with Gasteiger partial charge in [-0.05, 0) is 36.2 Å². The zero-order chi connectivity index (χ0) is 22.0. The molecule has 4 rings (SSSR count). The third-order valence-corrected chi connectivity index (χ3v) is 4.68. The van der Waals surface area contributed by atoms with E-state index in [-0.39, 0.29) is 5.82 Å². The summed E-state index contributed by atoms with van der Waals surface area (Å²) in [5, 5.41) is 3.37. The molecule has 0 aliphatic carbocycles. The fraction of sp³-hybridized carbons (Fsp3) is 0.143. The van der Waals surface area contributed by atoms with E-state index in [1.54, 1.807) is 41.4 Å². The minimum Gasteiger partial charge on any atom is -0.369 e. The summed E-state index contributed by atoms with van der Waals surface area (Å²) in [6.45, 7) is 0. The van der Waals surface area contributed by atoms with Crippen molar-refractivity contribution in [3.05, 3.63) is 84.3 Å². The van der Waals surface area contributed by atoms with Gasteiger partial charge in [0.1, 0.15) is 0 Å². The zero-order valence-electron chi connectivity index (χ0n) is 16.0. The van der Waals surface area contributed by atoms with Gasteiger partial charge in [0.25, 0.3) is 0 Å². The topological polar surface area (TPSA) is 99.8 Å². The number of aromatic nitrogens is 4. The van der Waals surface area contributed by atoms with E-state index >= 15 is 0 Å². The van der Waals surface area contributed by atoms with Gasteiger partial charge in [-0.3, -0.25) is 4.79 Å². The minimum atomic E-state index is -4.70. The first-order valence-corrected chi connectivity index (χ1v) is 9.20. The Morgan fingerprint density at radius 3 is 2.42 bits per heavy atom. The van der Waals surface area contributed by atoms with Gasteiger partial charge in [-0.15, -0.1) is 0 Å². The lowest BCUT2D eigenvalue weighted by molar-refractivity contribution is -0.159. The van der Waals surface area contributed by atoms with Crippen LogP contribution >= 0.6 is 0 Å². The highest BCUT2D eigenvalue weighted by atomic mass is 19.4. The first-order valence-electron chi connectivity index (χ1n) is 9.20. The number of carbonyl (C=O) groups excluding carboxylic acids is 1. The van der Waals surface area contributed by atoms with Crippen LogP contribution in [0.3, 0.4) is 0 Å². The van der Waals surface area contributed by atoms with Crippen molar-refractivity contribution in [3.8, 4) is 17.1 Å². The van der Waals surface area contributed by atoms with Crippen molar-refractivity contribution < 1.29 is 22.5 Å². The Labute approximate surface area is 174 Å². The Morgan fingerprint density at radius 2 is 1.81 bits per heavy atom. The molecule has 1 atom stereocenters. The third-order valence-electron chi connectivity index (χ3n) is 4.68. The zero-order valence-corrected chi connectivity index (χ0v) is 16.0. The van der Waals surface area contributed by atoms with Gasteiger partial charge < -0.3 is 14.8 Å². The standard InChI is InChI=1S/C21H16F3N5O2/c22-21(23,24)20-27-19(28-31-20)14-6-8-15(9-7-14)29-11-17(26-12-29)16(18(25)30)10-13-4-2-1-3-5-13/h1-9,11-12,16H,10H2,(H2,25,30). The normalized spacial score (nSPS) is 12.6. The van der Waals surface area contributed by atoms with E-state index in [0.717, 1.165) is 5.56 Å². The summed E-state index contributed by atoms with van der Waals surface area (Å²) in [5.74, 6) is -2.64. The lowest BCUT2D eigenvalue weighted by atomic mass is 9.96. The average Bonchev–Trinajstić information content (AvgIpc) is 3.43. The van der Waals surface area contributed by atoms with Crippen LogP contribution in [0.1, 0.15) is 23.1 Å². The largest absolute Gasteiger partial charge is 0.471 e. The smallest absolute Gasteiger partial charge is 0.369 e. The number of carbonyl (C=O) groups is 1. The maximum Gasteiger partial charge on any atom is 0.471 e. The molecule has 1 unspecified atom stereocenters. The Hall–Kier alpha value is -3.95. The first kappa shape index (κ1) is 20.3. The number of rotatable bonds is 6. The Balaban J connectivity index is 1.54. The Kier molecular flexibility index (Phi) is 5.28. The van der Waals surface area contributed by atoms with Crippen LogP contribution in [0.5, 0.6) is 0 Å². The van der Waals surface area contributed by atoms with Gasteiger partial charge in [-0.25, -0.2) is 4.98 Å². The SMILES string of the molecule is NC(=O)C(Cc1ccccc1)c1cn(-c2ccc(-c3noc(C(F)(F)F)n3)cc2)cn1. The lowest BCUT2D eigenvalue weighted by Crippen LogP contribution is -2.23. The molecule has 0 saturated heterocycles. The van der Waals surface area contributed by atoms with Crippen LogP contribution in [0, 0.1) is 0 Å². The summed E-state index contributed by atoms with van der Waals surface area (Å²) in [6, 6.07) is 15.9. The van der Waals surface area contributed by atoms with E-state index in [1.165, 1.54) is 0 Å². The van der Waals surface area contributed by atoms with Crippen molar-refractivity contribution in [1.82, 2.24) is 19.7 Å². The summed E-state index contributed by atoms with van der Waals surface area (Å²) in [4.78, 5) is 19.7. The number of nitrogens with two attached hydrogens (primary N) is 1. The molecular formula is C21H16F3N5O2. The average molecular weight is 427 g/mol.